The Morgan fingerprint density at radius 3 is 3.15 bits per heavy atom. The molecule has 1 aliphatic heterocycles. The Bertz CT molecular complexity index is 805. The Kier molecular flexibility index (Phi) is 2.58. The van der Waals surface area contributed by atoms with Crippen molar-refractivity contribution in [3.05, 3.63) is 40.4 Å². The second kappa shape index (κ2) is 4.33. The summed E-state index contributed by atoms with van der Waals surface area (Å²) in [5.74, 6) is -0.345. The lowest BCUT2D eigenvalue weighted by Gasteiger charge is -2.13. The Hall–Kier alpha value is -1.85. The molecule has 4 rings (SSSR count). The molecule has 2 aromatic heterocycles. The van der Waals surface area contributed by atoms with Crippen molar-refractivity contribution in [3.63, 3.8) is 0 Å². The molecule has 0 saturated carbocycles. The van der Waals surface area contributed by atoms with Crippen LogP contribution in [0.3, 0.4) is 0 Å². The van der Waals surface area contributed by atoms with Crippen LogP contribution in [0.2, 0.25) is 5.02 Å². The lowest BCUT2D eigenvalue weighted by atomic mass is 9.99. The molecule has 1 aromatic carbocycles. The fraction of sp³-hybridized carbons (Fsp3) is 0.214. The maximum atomic E-state index is 14.4. The van der Waals surface area contributed by atoms with Crippen LogP contribution in [0.1, 0.15) is 11.3 Å². The first-order valence-corrected chi connectivity index (χ1v) is 6.86. The molecule has 4 nitrogen and oxygen atoms in total. The van der Waals surface area contributed by atoms with Crippen molar-refractivity contribution in [2.45, 2.75) is 13.0 Å². The first-order valence-electron chi connectivity index (χ1n) is 6.48. The van der Waals surface area contributed by atoms with E-state index in [1.165, 1.54) is 6.07 Å². The van der Waals surface area contributed by atoms with E-state index in [1.54, 1.807) is 6.20 Å². The van der Waals surface area contributed by atoms with E-state index in [9.17, 15) is 4.39 Å². The van der Waals surface area contributed by atoms with Gasteiger partial charge in [-0.15, -0.1) is 0 Å². The van der Waals surface area contributed by atoms with Crippen molar-refractivity contribution < 1.29 is 4.39 Å². The Morgan fingerprint density at radius 1 is 1.35 bits per heavy atom. The smallest absolute Gasteiger partial charge is 0.134 e. The number of halogens is 2. The zero-order chi connectivity index (χ0) is 13.7. The molecule has 3 heterocycles. The highest BCUT2D eigenvalue weighted by atomic mass is 35.5. The van der Waals surface area contributed by atoms with Crippen LogP contribution in [-0.2, 0) is 13.0 Å². The highest BCUT2D eigenvalue weighted by molar-refractivity contribution is 6.35. The number of benzene rings is 1. The second-order valence-corrected chi connectivity index (χ2v) is 5.34. The van der Waals surface area contributed by atoms with Crippen LogP contribution in [0.4, 0.5) is 4.39 Å². The first kappa shape index (κ1) is 11.9. The molecule has 0 aliphatic carbocycles. The zero-order valence-corrected chi connectivity index (χ0v) is 11.3. The van der Waals surface area contributed by atoms with Gasteiger partial charge in [-0.05, 0) is 12.1 Å². The topological polar surface area (TPSA) is 56.5 Å². The molecule has 0 amide bonds. The predicted molar refractivity (Wildman–Crippen MR) is 76.3 cm³/mol. The average Bonchev–Trinajstić information content (AvgIpc) is 3.06. The molecular formula is C14H12ClFN4. The van der Waals surface area contributed by atoms with Gasteiger partial charge < -0.3 is 10.3 Å². The van der Waals surface area contributed by atoms with E-state index >= 15 is 0 Å². The molecule has 0 saturated heterocycles. The van der Waals surface area contributed by atoms with E-state index in [1.807, 2.05) is 6.07 Å². The van der Waals surface area contributed by atoms with Gasteiger partial charge >= 0.3 is 0 Å². The minimum Gasteiger partial charge on any atom is -0.360 e. The molecule has 102 valence electrons. The van der Waals surface area contributed by atoms with Crippen molar-refractivity contribution in [1.82, 2.24) is 20.5 Å². The van der Waals surface area contributed by atoms with Crippen molar-refractivity contribution in [2.24, 2.45) is 0 Å². The van der Waals surface area contributed by atoms with Gasteiger partial charge in [0.25, 0.3) is 0 Å². The van der Waals surface area contributed by atoms with Gasteiger partial charge in [0.05, 0.1) is 10.5 Å². The third-order valence-corrected chi connectivity index (χ3v) is 4.09. The Balaban J connectivity index is 2.03. The van der Waals surface area contributed by atoms with Crippen molar-refractivity contribution in [1.29, 1.82) is 0 Å². The molecule has 0 unspecified atom stereocenters. The third kappa shape index (κ3) is 1.60. The van der Waals surface area contributed by atoms with Crippen molar-refractivity contribution in [2.75, 3.05) is 6.54 Å². The van der Waals surface area contributed by atoms with Gasteiger partial charge in [-0.3, -0.25) is 5.10 Å². The fourth-order valence-electron chi connectivity index (χ4n) is 2.83. The molecule has 0 bridgehead atoms. The molecule has 3 N–H and O–H groups in total. The number of hydrogen-bond acceptors (Lipinski definition) is 2. The summed E-state index contributed by atoms with van der Waals surface area (Å²) in [4.78, 5) is 3.05. The molecule has 0 fully saturated rings. The maximum absolute atomic E-state index is 14.4. The standard InChI is InChI=1S/C14H12ClFN4/c15-9-5-10(16)12(7-1-4-18-13(7)9)14-8-6-17-3-2-11(8)19-20-14/h1,4-5,17-18H,2-3,6H2,(H,19,20). The normalized spacial score (nSPS) is 14.7. The van der Waals surface area contributed by atoms with Gasteiger partial charge in [-0.25, -0.2) is 4.39 Å². The van der Waals surface area contributed by atoms with Crippen LogP contribution in [0.25, 0.3) is 22.2 Å². The number of H-pyrrole nitrogens is 2. The molecule has 1 aliphatic rings. The molecule has 20 heavy (non-hydrogen) atoms. The molecule has 3 aromatic rings. The molecule has 6 heteroatoms. The summed E-state index contributed by atoms with van der Waals surface area (Å²) >= 11 is 6.07. The van der Waals surface area contributed by atoms with Crippen LogP contribution >= 0.6 is 11.6 Å². The van der Waals surface area contributed by atoms with Gasteiger partial charge in [-0.2, -0.15) is 5.10 Å². The lowest BCUT2D eigenvalue weighted by Crippen LogP contribution is -2.23. The molecular weight excluding hydrogens is 279 g/mol. The molecule has 0 radical (unpaired) electrons. The summed E-state index contributed by atoms with van der Waals surface area (Å²) < 4.78 is 14.4. The quantitative estimate of drug-likeness (QED) is 0.645. The van der Waals surface area contributed by atoms with E-state index in [0.29, 0.717) is 22.8 Å². The van der Waals surface area contributed by atoms with Crippen LogP contribution in [-0.4, -0.2) is 21.7 Å². The van der Waals surface area contributed by atoms with Crippen LogP contribution < -0.4 is 5.32 Å². The van der Waals surface area contributed by atoms with Crippen LogP contribution in [0.15, 0.2) is 18.3 Å². The molecule has 0 atom stereocenters. The summed E-state index contributed by atoms with van der Waals surface area (Å²) in [5, 5.41) is 11.8. The van der Waals surface area contributed by atoms with Gasteiger partial charge in [-0.1, -0.05) is 11.6 Å². The summed E-state index contributed by atoms with van der Waals surface area (Å²) in [6.07, 6.45) is 2.64. The summed E-state index contributed by atoms with van der Waals surface area (Å²) in [6.45, 7) is 1.62. The van der Waals surface area contributed by atoms with E-state index < -0.39 is 0 Å². The Labute approximate surface area is 119 Å². The van der Waals surface area contributed by atoms with Gasteiger partial charge in [0.2, 0.25) is 0 Å². The maximum Gasteiger partial charge on any atom is 0.134 e. The minimum absolute atomic E-state index is 0.345. The SMILES string of the molecule is Fc1cc(Cl)c2[nH]ccc2c1-c1n[nH]c2c1CNCC2. The first-order chi connectivity index (χ1) is 9.75. The van der Waals surface area contributed by atoms with E-state index in [-0.39, 0.29) is 5.82 Å². The second-order valence-electron chi connectivity index (χ2n) is 4.94. The number of nitrogens with one attached hydrogen (secondary N) is 3. The summed E-state index contributed by atoms with van der Waals surface area (Å²) in [6, 6.07) is 3.17. The van der Waals surface area contributed by atoms with Gasteiger partial charge in [0.1, 0.15) is 11.5 Å². The lowest BCUT2D eigenvalue weighted by molar-refractivity contribution is 0.629. The summed E-state index contributed by atoms with van der Waals surface area (Å²) in [5.41, 5.74) is 4.04. The van der Waals surface area contributed by atoms with E-state index in [2.05, 4.69) is 20.5 Å². The number of aromatic nitrogens is 3. The predicted octanol–water partition coefficient (Wildman–Crippen LogP) is 3.00. The number of hydrogen-bond donors (Lipinski definition) is 3. The largest absolute Gasteiger partial charge is 0.360 e. The van der Waals surface area contributed by atoms with E-state index in [0.717, 1.165) is 35.1 Å². The van der Waals surface area contributed by atoms with Gasteiger partial charge in [0.15, 0.2) is 0 Å². The highest BCUT2D eigenvalue weighted by Gasteiger charge is 2.22. The average molecular weight is 291 g/mol. The zero-order valence-electron chi connectivity index (χ0n) is 10.6. The van der Waals surface area contributed by atoms with Crippen molar-refractivity contribution in [3.8, 4) is 11.3 Å². The summed E-state index contributed by atoms with van der Waals surface area (Å²) in [7, 11) is 0. The minimum atomic E-state index is -0.345. The number of fused-ring (bicyclic) bond motifs is 2. The van der Waals surface area contributed by atoms with Crippen LogP contribution in [0.5, 0.6) is 0 Å². The van der Waals surface area contributed by atoms with Crippen molar-refractivity contribution >= 4 is 22.5 Å². The Morgan fingerprint density at radius 2 is 2.25 bits per heavy atom. The van der Waals surface area contributed by atoms with Gasteiger partial charge in [0, 0.05) is 47.9 Å². The fourth-order valence-corrected chi connectivity index (χ4v) is 3.08. The number of rotatable bonds is 1. The number of aromatic amines is 2. The monoisotopic (exact) mass is 290 g/mol. The molecule has 0 spiro atoms. The highest BCUT2D eigenvalue weighted by Crippen LogP contribution is 2.36. The van der Waals surface area contributed by atoms with Crippen LogP contribution in [0, 0.1) is 5.82 Å². The third-order valence-electron chi connectivity index (χ3n) is 3.79. The number of nitrogens with zero attached hydrogens (tertiary/aromatic N) is 1. The van der Waals surface area contributed by atoms with E-state index in [4.69, 9.17) is 11.6 Å².